The van der Waals surface area contributed by atoms with E-state index in [0.29, 0.717) is 11.5 Å². The molecular weight excluding hydrogens is 422 g/mol. The van der Waals surface area contributed by atoms with Gasteiger partial charge in [-0.2, -0.15) is 15.3 Å². The van der Waals surface area contributed by atoms with Gasteiger partial charge in [-0.1, -0.05) is 0 Å². The minimum atomic E-state index is -0.919. The van der Waals surface area contributed by atoms with Gasteiger partial charge in [-0.25, -0.2) is 13.8 Å². The van der Waals surface area contributed by atoms with Gasteiger partial charge in [-0.15, -0.1) is 0 Å². The number of nitrogens with zero attached hydrogens (tertiary/aromatic N) is 5. The second-order valence-electron chi connectivity index (χ2n) is 6.82. The highest BCUT2D eigenvalue weighted by atomic mass is 19.1. The maximum Gasteiger partial charge on any atom is 0.242 e. The Bertz CT molecular complexity index is 1140. The van der Waals surface area contributed by atoms with Gasteiger partial charge in [0.25, 0.3) is 0 Å². The molecule has 32 heavy (non-hydrogen) atoms. The van der Waals surface area contributed by atoms with E-state index in [1.54, 1.807) is 19.2 Å². The van der Waals surface area contributed by atoms with Gasteiger partial charge >= 0.3 is 0 Å². The Balaban J connectivity index is 1.62. The van der Waals surface area contributed by atoms with Crippen molar-refractivity contribution < 1.29 is 18.7 Å². The van der Waals surface area contributed by atoms with Gasteiger partial charge in [-0.05, 0) is 25.1 Å². The van der Waals surface area contributed by atoms with Crippen LogP contribution in [0.4, 0.5) is 26.2 Å². The van der Waals surface area contributed by atoms with E-state index in [9.17, 15) is 13.6 Å². The summed E-state index contributed by atoms with van der Waals surface area (Å²) in [6.45, 7) is 1.26. The van der Waals surface area contributed by atoms with Gasteiger partial charge in [0.15, 0.2) is 0 Å². The van der Waals surface area contributed by atoms with Crippen molar-refractivity contribution in [3.63, 3.8) is 0 Å². The summed E-state index contributed by atoms with van der Waals surface area (Å²) in [6, 6.07) is 4.95. The number of aliphatic hydroxyl groups is 1. The van der Waals surface area contributed by atoms with Crippen LogP contribution in [0.15, 0.2) is 36.8 Å². The molecule has 0 saturated heterocycles. The molecule has 0 aliphatic rings. The number of halogens is 2. The van der Waals surface area contributed by atoms with E-state index in [4.69, 9.17) is 10.4 Å². The van der Waals surface area contributed by atoms with E-state index in [1.165, 1.54) is 23.1 Å². The van der Waals surface area contributed by atoms with Crippen molar-refractivity contribution in [2.24, 2.45) is 0 Å². The number of amides is 1. The number of nitriles is 1. The van der Waals surface area contributed by atoms with Crippen LogP contribution in [0.2, 0.25) is 0 Å². The summed E-state index contributed by atoms with van der Waals surface area (Å²) in [5.41, 5.74) is 0.000891. The van der Waals surface area contributed by atoms with Gasteiger partial charge in [-0.3, -0.25) is 9.48 Å². The van der Waals surface area contributed by atoms with Crippen molar-refractivity contribution in [2.45, 2.75) is 26.1 Å². The van der Waals surface area contributed by atoms with Gasteiger partial charge < -0.3 is 21.1 Å². The number of anilines is 3. The predicted octanol–water partition coefficient (Wildman–Crippen LogP) is 1.68. The molecule has 0 aliphatic heterocycles. The highest BCUT2D eigenvalue weighted by molar-refractivity contribution is 5.76. The molecule has 0 unspecified atom stereocenters. The molecule has 3 rings (SSSR count). The number of carbonyl (C=O) groups excluding carboxylic acids is 1. The molecule has 0 saturated carbocycles. The van der Waals surface area contributed by atoms with E-state index < -0.39 is 11.6 Å². The summed E-state index contributed by atoms with van der Waals surface area (Å²) in [7, 11) is 0. The van der Waals surface area contributed by atoms with E-state index in [-0.39, 0.29) is 48.7 Å². The Labute approximate surface area is 181 Å². The maximum absolute atomic E-state index is 14.2. The fourth-order valence-corrected chi connectivity index (χ4v) is 2.70. The minimum absolute atomic E-state index is 0.0344. The number of nitrogens with one attached hydrogen (secondary N) is 3. The van der Waals surface area contributed by atoms with Crippen molar-refractivity contribution in [1.82, 2.24) is 25.1 Å². The zero-order valence-corrected chi connectivity index (χ0v) is 17.0. The number of rotatable bonds is 9. The number of benzene rings is 1. The molecule has 2 heterocycles. The lowest BCUT2D eigenvalue weighted by atomic mass is 10.1. The molecule has 1 aromatic carbocycles. The summed E-state index contributed by atoms with van der Waals surface area (Å²) in [5.74, 6) is -1.50. The predicted molar refractivity (Wildman–Crippen MR) is 111 cm³/mol. The van der Waals surface area contributed by atoms with Crippen LogP contribution in [0.5, 0.6) is 0 Å². The molecule has 1 amide bonds. The number of aliphatic hydroxyl groups excluding tert-OH is 1. The first-order valence-corrected chi connectivity index (χ1v) is 9.53. The monoisotopic (exact) mass is 442 g/mol. The SMILES string of the molecule is C[C@@H](CO)NC(=O)Cn1cc(Nc2nccc(NCc3c(F)ccc(C#N)c3F)n2)cn1. The molecule has 0 bridgehead atoms. The van der Waals surface area contributed by atoms with Crippen LogP contribution in [0.1, 0.15) is 18.1 Å². The molecule has 0 fully saturated rings. The topological polar surface area (TPSA) is 141 Å². The average molecular weight is 442 g/mol. The number of hydrogen-bond donors (Lipinski definition) is 4. The lowest BCUT2D eigenvalue weighted by Crippen LogP contribution is -2.37. The molecular formula is C20H20F2N8O2. The standard InChI is InChI=1S/C20H20F2N8O2/c1-12(11-31)27-18(32)10-30-9-14(7-26-30)28-20-24-5-4-17(29-20)25-8-15-16(21)3-2-13(6-23)19(15)22/h2-5,7,9,12,31H,8,10-11H2,1H3,(H,27,32)(H2,24,25,28,29)/t12-/m0/s1. The summed E-state index contributed by atoms with van der Waals surface area (Å²) < 4.78 is 29.5. The van der Waals surface area contributed by atoms with Gasteiger partial charge in [0.1, 0.15) is 30.1 Å². The molecule has 12 heteroatoms. The molecule has 0 spiro atoms. The third-order valence-electron chi connectivity index (χ3n) is 4.28. The van der Waals surface area contributed by atoms with Gasteiger partial charge in [0.2, 0.25) is 11.9 Å². The number of carbonyl (C=O) groups is 1. The van der Waals surface area contributed by atoms with Crippen LogP contribution in [-0.4, -0.2) is 43.4 Å². The quantitative estimate of drug-likeness (QED) is 0.392. The molecule has 1 atom stereocenters. The summed E-state index contributed by atoms with van der Waals surface area (Å²) in [6.07, 6.45) is 4.50. The van der Waals surface area contributed by atoms with Gasteiger partial charge in [0.05, 0.1) is 24.1 Å². The minimum Gasteiger partial charge on any atom is -0.394 e. The smallest absolute Gasteiger partial charge is 0.242 e. The largest absolute Gasteiger partial charge is 0.394 e. The van der Waals surface area contributed by atoms with Crippen LogP contribution >= 0.6 is 0 Å². The molecule has 0 radical (unpaired) electrons. The number of aromatic nitrogens is 4. The second-order valence-corrected chi connectivity index (χ2v) is 6.82. The van der Waals surface area contributed by atoms with E-state index >= 15 is 0 Å². The van der Waals surface area contributed by atoms with Crippen molar-refractivity contribution in [2.75, 3.05) is 17.2 Å². The van der Waals surface area contributed by atoms with Crippen molar-refractivity contribution in [1.29, 1.82) is 5.26 Å². The van der Waals surface area contributed by atoms with Crippen molar-refractivity contribution >= 4 is 23.4 Å². The Morgan fingerprint density at radius 3 is 2.91 bits per heavy atom. The third-order valence-corrected chi connectivity index (χ3v) is 4.28. The van der Waals surface area contributed by atoms with Crippen LogP contribution < -0.4 is 16.0 Å². The first kappa shape index (κ1) is 22.6. The fraction of sp³-hybridized carbons (Fsp3) is 0.250. The highest BCUT2D eigenvalue weighted by Gasteiger charge is 2.14. The van der Waals surface area contributed by atoms with E-state index in [2.05, 4.69) is 31.0 Å². The lowest BCUT2D eigenvalue weighted by Gasteiger charge is -2.10. The Morgan fingerprint density at radius 1 is 1.34 bits per heavy atom. The van der Waals surface area contributed by atoms with Gasteiger partial charge in [0, 0.05) is 30.5 Å². The normalized spacial score (nSPS) is 11.5. The van der Waals surface area contributed by atoms with E-state index in [1.807, 2.05) is 0 Å². The van der Waals surface area contributed by atoms with Crippen molar-refractivity contribution in [3.8, 4) is 6.07 Å². The molecule has 2 aromatic heterocycles. The first-order chi connectivity index (χ1) is 15.4. The second kappa shape index (κ2) is 10.3. The molecule has 3 aromatic rings. The van der Waals surface area contributed by atoms with Crippen LogP contribution in [-0.2, 0) is 17.9 Å². The fourth-order valence-electron chi connectivity index (χ4n) is 2.70. The maximum atomic E-state index is 14.2. The zero-order valence-electron chi connectivity index (χ0n) is 17.0. The third kappa shape index (κ3) is 5.73. The van der Waals surface area contributed by atoms with Crippen LogP contribution in [0.25, 0.3) is 0 Å². The summed E-state index contributed by atoms with van der Waals surface area (Å²) >= 11 is 0. The average Bonchev–Trinajstić information content (AvgIpc) is 3.20. The molecule has 4 N–H and O–H groups in total. The number of hydrogen-bond acceptors (Lipinski definition) is 8. The zero-order chi connectivity index (χ0) is 23.1. The Hall–Kier alpha value is -4.11. The first-order valence-electron chi connectivity index (χ1n) is 9.53. The van der Waals surface area contributed by atoms with E-state index in [0.717, 1.165) is 12.1 Å². The Kier molecular flexibility index (Phi) is 7.25. The Morgan fingerprint density at radius 2 is 2.16 bits per heavy atom. The molecule has 0 aliphatic carbocycles. The molecule has 10 nitrogen and oxygen atoms in total. The van der Waals surface area contributed by atoms with Crippen molar-refractivity contribution in [3.05, 3.63) is 59.6 Å². The molecule has 166 valence electrons. The van der Waals surface area contributed by atoms with Crippen LogP contribution in [0, 0.1) is 23.0 Å². The lowest BCUT2D eigenvalue weighted by molar-refractivity contribution is -0.122. The summed E-state index contributed by atoms with van der Waals surface area (Å²) in [5, 5.41) is 30.3. The summed E-state index contributed by atoms with van der Waals surface area (Å²) in [4.78, 5) is 20.2. The van der Waals surface area contributed by atoms with Crippen LogP contribution in [0.3, 0.4) is 0 Å². The highest BCUT2D eigenvalue weighted by Crippen LogP contribution is 2.19.